The third-order valence-electron chi connectivity index (χ3n) is 4.10. The Labute approximate surface area is 98.5 Å². The van der Waals surface area contributed by atoms with Gasteiger partial charge in [-0.2, -0.15) is 0 Å². The molecule has 0 heterocycles. The lowest BCUT2D eigenvalue weighted by Crippen LogP contribution is -2.36. The van der Waals surface area contributed by atoms with Crippen LogP contribution in [0.3, 0.4) is 0 Å². The molecular formula is C15H22O. The van der Waals surface area contributed by atoms with Crippen LogP contribution in [-0.2, 0) is 0 Å². The molecule has 1 saturated carbocycles. The van der Waals surface area contributed by atoms with E-state index < -0.39 is 5.60 Å². The van der Waals surface area contributed by atoms with Crippen molar-refractivity contribution < 1.29 is 5.11 Å². The summed E-state index contributed by atoms with van der Waals surface area (Å²) in [7, 11) is 0. The molecule has 0 aliphatic heterocycles. The summed E-state index contributed by atoms with van der Waals surface area (Å²) in [5.74, 6) is 0.258. The fourth-order valence-electron chi connectivity index (χ4n) is 2.76. The molecule has 0 bridgehead atoms. The third kappa shape index (κ3) is 2.30. The average Bonchev–Trinajstić information content (AvgIpc) is 2.30. The molecule has 1 fully saturated rings. The SMILES string of the molecule is Cc1ccc(C(C)C2(O)CCCCC2)cc1. The van der Waals surface area contributed by atoms with Gasteiger partial charge in [0.1, 0.15) is 0 Å². The minimum absolute atomic E-state index is 0.258. The zero-order valence-electron chi connectivity index (χ0n) is 10.4. The number of hydrogen-bond acceptors (Lipinski definition) is 1. The van der Waals surface area contributed by atoms with Crippen LogP contribution < -0.4 is 0 Å². The minimum atomic E-state index is -0.465. The Morgan fingerprint density at radius 1 is 1.06 bits per heavy atom. The summed E-state index contributed by atoms with van der Waals surface area (Å²) >= 11 is 0. The Balaban J connectivity index is 2.16. The summed E-state index contributed by atoms with van der Waals surface area (Å²) in [5.41, 5.74) is 2.09. The fourth-order valence-corrected chi connectivity index (χ4v) is 2.76. The Morgan fingerprint density at radius 3 is 2.19 bits per heavy atom. The smallest absolute Gasteiger partial charge is 0.0713 e. The first-order chi connectivity index (χ1) is 7.62. The van der Waals surface area contributed by atoms with E-state index in [1.807, 2.05) is 0 Å². The lowest BCUT2D eigenvalue weighted by Gasteiger charge is -2.37. The summed E-state index contributed by atoms with van der Waals surface area (Å²) in [4.78, 5) is 0. The normalized spacial score (nSPS) is 21.7. The second-order valence-corrected chi connectivity index (χ2v) is 5.30. The van der Waals surface area contributed by atoms with E-state index in [2.05, 4.69) is 38.1 Å². The van der Waals surface area contributed by atoms with Gasteiger partial charge < -0.3 is 5.11 Å². The monoisotopic (exact) mass is 218 g/mol. The molecule has 1 aliphatic rings. The van der Waals surface area contributed by atoms with Crippen molar-refractivity contribution >= 4 is 0 Å². The van der Waals surface area contributed by atoms with Gasteiger partial charge in [0.2, 0.25) is 0 Å². The van der Waals surface area contributed by atoms with Gasteiger partial charge in [-0.15, -0.1) is 0 Å². The van der Waals surface area contributed by atoms with Crippen LogP contribution in [0.5, 0.6) is 0 Å². The van der Waals surface area contributed by atoms with Gasteiger partial charge in [-0.05, 0) is 25.3 Å². The molecule has 1 N–H and O–H groups in total. The molecular weight excluding hydrogens is 196 g/mol. The molecule has 1 nitrogen and oxygen atoms in total. The van der Waals surface area contributed by atoms with Crippen LogP contribution in [0.4, 0.5) is 0 Å². The highest BCUT2D eigenvalue weighted by molar-refractivity contribution is 5.26. The molecule has 0 aromatic heterocycles. The molecule has 1 atom stereocenters. The van der Waals surface area contributed by atoms with Crippen LogP contribution in [0.15, 0.2) is 24.3 Å². The maximum absolute atomic E-state index is 10.7. The molecule has 0 radical (unpaired) electrons. The van der Waals surface area contributed by atoms with Crippen LogP contribution >= 0.6 is 0 Å². The van der Waals surface area contributed by atoms with Gasteiger partial charge >= 0.3 is 0 Å². The quantitative estimate of drug-likeness (QED) is 0.800. The van der Waals surface area contributed by atoms with Gasteiger partial charge in [0.25, 0.3) is 0 Å². The second kappa shape index (κ2) is 4.58. The van der Waals surface area contributed by atoms with Crippen molar-refractivity contribution in [3.8, 4) is 0 Å². The number of hydrogen-bond donors (Lipinski definition) is 1. The second-order valence-electron chi connectivity index (χ2n) is 5.30. The van der Waals surface area contributed by atoms with Crippen LogP contribution in [0.2, 0.25) is 0 Å². The molecule has 2 rings (SSSR count). The molecule has 0 spiro atoms. The summed E-state index contributed by atoms with van der Waals surface area (Å²) in [6.07, 6.45) is 5.55. The van der Waals surface area contributed by atoms with Gasteiger partial charge in [-0.1, -0.05) is 56.0 Å². The Kier molecular flexibility index (Phi) is 3.34. The summed E-state index contributed by atoms with van der Waals surface area (Å²) in [6, 6.07) is 8.59. The van der Waals surface area contributed by atoms with Crippen molar-refractivity contribution in [1.29, 1.82) is 0 Å². The maximum Gasteiger partial charge on any atom is 0.0713 e. The van der Waals surface area contributed by atoms with E-state index in [1.165, 1.54) is 30.4 Å². The standard InChI is InChI=1S/C15H22O/c1-12-6-8-14(9-7-12)13(2)15(16)10-4-3-5-11-15/h6-9,13,16H,3-5,10-11H2,1-2H3. The predicted octanol–water partition coefficient (Wildman–Crippen LogP) is 3.79. The predicted molar refractivity (Wildman–Crippen MR) is 67.6 cm³/mol. The molecule has 1 heteroatoms. The Morgan fingerprint density at radius 2 is 1.62 bits per heavy atom. The Bertz CT molecular complexity index is 333. The van der Waals surface area contributed by atoms with Gasteiger partial charge in [-0.25, -0.2) is 0 Å². The van der Waals surface area contributed by atoms with Gasteiger partial charge in [0, 0.05) is 5.92 Å². The van der Waals surface area contributed by atoms with Crippen LogP contribution in [-0.4, -0.2) is 10.7 Å². The molecule has 1 aromatic carbocycles. The van der Waals surface area contributed by atoms with Crippen molar-refractivity contribution in [1.82, 2.24) is 0 Å². The maximum atomic E-state index is 10.7. The highest BCUT2D eigenvalue weighted by atomic mass is 16.3. The summed E-state index contributed by atoms with van der Waals surface area (Å²) in [6.45, 7) is 4.26. The van der Waals surface area contributed by atoms with Crippen LogP contribution in [0, 0.1) is 6.92 Å². The molecule has 0 saturated heterocycles. The first-order valence-electron chi connectivity index (χ1n) is 6.41. The molecule has 1 unspecified atom stereocenters. The van der Waals surface area contributed by atoms with Gasteiger partial charge in [-0.3, -0.25) is 0 Å². The highest BCUT2D eigenvalue weighted by Gasteiger charge is 2.35. The van der Waals surface area contributed by atoms with Crippen molar-refractivity contribution in [2.75, 3.05) is 0 Å². The molecule has 88 valence electrons. The number of benzene rings is 1. The van der Waals surface area contributed by atoms with Gasteiger partial charge in [0.15, 0.2) is 0 Å². The molecule has 1 aliphatic carbocycles. The van der Waals surface area contributed by atoms with E-state index in [-0.39, 0.29) is 5.92 Å². The first-order valence-corrected chi connectivity index (χ1v) is 6.41. The van der Waals surface area contributed by atoms with E-state index in [0.29, 0.717) is 0 Å². The van der Waals surface area contributed by atoms with E-state index in [1.54, 1.807) is 0 Å². The largest absolute Gasteiger partial charge is 0.389 e. The molecule has 1 aromatic rings. The minimum Gasteiger partial charge on any atom is -0.389 e. The van der Waals surface area contributed by atoms with Gasteiger partial charge in [0.05, 0.1) is 5.60 Å². The molecule has 0 amide bonds. The van der Waals surface area contributed by atoms with E-state index >= 15 is 0 Å². The lowest BCUT2D eigenvalue weighted by atomic mass is 9.74. The number of rotatable bonds is 2. The van der Waals surface area contributed by atoms with Crippen molar-refractivity contribution in [2.45, 2.75) is 57.5 Å². The first kappa shape index (κ1) is 11.7. The van der Waals surface area contributed by atoms with E-state index in [0.717, 1.165) is 12.8 Å². The number of aryl methyl sites for hydroxylation is 1. The zero-order chi connectivity index (χ0) is 11.6. The lowest BCUT2D eigenvalue weighted by molar-refractivity contribution is -0.0168. The average molecular weight is 218 g/mol. The van der Waals surface area contributed by atoms with Crippen molar-refractivity contribution in [3.05, 3.63) is 35.4 Å². The molecule has 16 heavy (non-hydrogen) atoms. The van der Waals surface area contributed by atoms with E-state index in [4.69, 9.17) is 0 Å². The zero-order valence-corrected chi connectivity index (χ0v) is 10.4. The topological polar surface area (TPSA) is 20.2 Å². The highest BCUT2D eigenvalue weighted by Crippen LogP contribution is 2.39. The number of aliphatic hydroxyl groups is 1. The van der Waals surface area contributed by atoms with Crippen LogP contribution in [0.1, 0.15) is 56.1 Å². The van der Waals surface area contributed by atoms with Crippen LogP contribution in [0.25, 0.3) is 0 Å². The summed E-state index contributed by atoms with van der Waals surface area (Å²) < 4.78 is 0. The van der Waals surface area contributed by atoms with Crippen molar-refractivity contribution in [2.24, 2.45) is 0 Å². The summed E-state index contributed by atoms with van der Waals surface area (Å²) in [5, 5.41) is 10.7. The fraction of sp³-hybridized carbons (Fsp3) is 0.600. The third-order valence-corrected chi connectivity index (χ3v) is 4.10. The van der Waals surface area contributed by atoms with E-state index in [9.17, 15) is 5.11 Å². The Hall–Kier alpha value is -0.820. The van der Waals surface area contributed by atoms with Crippen molar-refractivity contribution in [3.63, 3.8) is 0 Å².